The van der Waals surface area contributed by atoms with E-state index in [1.807, 2.05) is 18.2 Å². The minimum absolute atomic E-state index is 0.0713. The number of amides is 1. The number of hydrogen-bond acceptors (Lipinski definition) is 4. The van der Waals surface area contributed by atoms with Crippen molar-refractivity contribution >= 4 is 5.91 Å². The molecule has 0 unspecified atom stereocenters. The summed E-state index contributed by atoms with van der Waals surface area (Å²) in [6.07, 6.45) is 2.06. The maximum Gasteiger partial charge on any atom is 0.237 e. The van der Waals surface area contributed by atoms with Gasteiger partial charge in [0.1, 0.15) is 0 Å². The third-order valence-electron chi connectivity index (χ3n) is 3.91. The number of carbonyl (C=O) groups is 1. The highest BCUT2D eigenvalue weighted by atomic mass is 16.5. The predicted octanol–water partition coefficient (Wildman–Crippen LogP) is 1.83. The molecule has 22 heavy (non-hydrogen) atoms. The zero-order valence-corrected chi connectivity index (χ0v) is 14.0. The van der Waals surface area contributed by atoms with E-state index >= 15 is 0 Å². The Kier molecular flexibility index (Phi) is 5.91. The minimum Gasteiger partial charge on any atom is -0.373 e. The van der Waals surface area contributed by atoms with E-state index in [1.165, 1.54) is 0 Å². The van der Waals surface area contributed by atoms with Gasteiger partial charge in [-0.2, -0.15) is 0 Å². The maximum atomic E-state index is 12.6. The van der Waals surface area contributed by atoms with Crippen LogP contribution in [-0.2, 0) is 16.1 Å². The van der Waals surface area contributed by atoms with Crippen LogP contribution in [0.15, 0.2) is 24.4 Å². The zero-order chi connectivity index (χ0) is 16.1. The first-order valence-electron chi connectivity index (χ1n) is 8.04. The molecule has 1 aliphatic rings. The third-order valence-corrected chi connectivity index (χ3v) is 3.91. The fraction of sp³-hybridized carbons (Fsp3) is 0.647. The molecule has 1 saturated heterocycles. The van der Waals surface area contributed by atoms with E-state index in [4.69, 9.17) is 4.74 Å². The Bertz CT molecular complexity index is 468. The standard InChI is InChI=1S/C17H27N3O2/c1-12(2)16(20-10-13(3)22-14(4)11-20)17(21)19-9-15-7-5-6-8-18-15/h5-8,12-14,16H,9-11H2,1-4H3,(H,19,21)/t13-,14-,16+/m1/s1. The van der Waals surface area contributed by atoms with Crippen LogP contribution < -0.4 is 5.32 Å². The molecule has 2 heterocycles. The van der Waals surface area contributed by atoms with Crippen LogP contribution in [0.1, 0.15) is 33.4 Å². The molecule has 1 aromatic heterocycles. The summed E-state index contributed by atoms with van der Waals surface area (Å²) in [6, 6.07) is 5.60. The van der Waals surface area contributed by atoms with Gasteiger partial charge in [0.05, 0.1) is 30.5 Å². The van der Waals surface area contributed by atoms with E-state index in [0.29, 0.717) is 6.54 Å². The first-order chi connectivity index (χ1) is 10.5. The van der Waals surface area contributed by atoms with Gasteiger partial charge in [-0.1, -0.05) is 19.9 Å². The Morgan fingerprint density at radius 2 is 2.05 bits per heavy atom. The number of nitrogens with zero attached hydrogens (tertiary/aromatic N) is 2. The number of ether oxygens (including phenoxy) is 1. The second-order valence-corrected chi connectivity index (χ2v) is 6.44. The zero-order valence-electron chi connectivity index (χ0n) is 14.0. The highest BCUT2D eigenvalue weighted by molar-refractivity contribution is 5.82. The normalized spacial score (nSPS) is 24.2. The molecule has 0 radical (unpaired) electrons. The summed E-state index contributed by atoms with van der Waals surface area (Å²) < 4.78 is 5.77. The lowest BCUT2D eigenvalue weighted by Crippen LogP contribution is -2.56. The number of rotatable bonds is 5. The Labute approximate surface area is 133 Å². The molecule has 1 amide bonds. The summed E-state index contributed by atoms with van der Waals surface area (Å²) in [4.78, 5) is 19.1. The number of morpholine rings is 1. The second-order valence-electron chi connectivity index (χ2n) is 6.44. The van der Waals surface area contributed by atoms with Crippen LogP contribution in [0, 0.1) is 5.92 Å². The SMILES string of the molecule is CC(C)[C@@H](C(=O)NCc1ccccn1)N1C[C@@H](C)O[C@H](C)C1. The lowest BCUT2D eigenvalue weighted by Gasteiger charge is -2.41. The molecule has 1 aromatic rings. The minimum atomic E-state index is -0.127. The number of carbonyl (C=O) groups excluding carboxylic acids is 1. The summed E-state index contributed by atoms with van der Waals surface area (Å²) in [5.41, 5.74) is 0.877. The van der Waals surface area contributed by atoms with Crippen molar-refractivity contribution < 1.29 is 9.53 Å². The van der Waals surface area contributed by atoms with Crippen molar-refractivity contribution in [2.75, 3.05) is 13.1 Å². The van der Waals surface area contributed by atoms with E-state index in [2.05, 4.69) is 42.9 Å². The molecule has 0 aliphatic carbocycles. The Morgan fingerprint density at radius 1 is 1.36 bits per heavy atom. The molecule has 5 nitrogen and oxygen atoms in total. The number of pyridine rings is 1. The lowest BCUT2D eigenvalue weighted by molar-refractivity contribution is -0.135. The molecule has 122 valence electrons. The van der Waals surface area contributed by atoms with Crippen molar-refractivity contribution in [3.05, 3.63) is 30.1 Å². The first-order valence-corrected chi connectivity index (χ1v) is 8.04. The smallest absolute Gasteiger partial charge is 0.237 e. The van der Waals surface area contributed by atoms with Crippen LogP contribution in [0.25, 0.3) is 0 Å². The van der Waals surface area contributed by atoms with Gasteiger partial charge >= 0.3 is 0 Å². The average Bonchev–Trinajstić information content (AvgIpc) is 2.45. The van der Waals surface area contributed by atoms with Gasteiger partial charge in [0, 0.05) is 19.3 Å². The molecular weight excluding hydrogens is 278 g/mol. The van der Waals surface area contributed by atoms with Gasteiger partial charge in [0.2, 0.25) is 5.91 Å². The monoisotopic (exact) mass is 305 g/mol. The summed E-state index contributed by atoms with van der Waals surface area (Å²) in [7, 11) is 0. The summed E-state index contributed by atoms with van der Waals surface area (Å²) >= 11 is 0. The number of nitrogens with one attached hydrogen (secondary N) is 1. The van der Waals surface area contributed by atoms with Crippen LogP contribution in [-0.4, -0.2) is 47.1 Å². The Morgan fingerprint density at radius 3 is 2.59 bits per heavy atom. The molecule has 0 bridgehead atoms. The number of aromatic nitrogens is 1. The largest absolute Gasteiger partial charge is 0.373 e. The summed E-state index contributed by atoms with van der Waals surface area (Å²) in [5, 5.41) is 3.02. The highest BCUT2D eigenvalue weighted by Crippen LogP contribution is 2.18. The van der Waals surface area contributed by atoms with E-state index in [9.17, 15) is 4.79 Å². The van der Waals surface area contributed by atoms with Gasteiger partial charge in [-0.25, -0.2) is 0 Å². The van der Waals surface area contributed by atoms with Gasteiger partial charge in [-0.3, -0.25) is 14.7 Å². The van der Waals surface area contributed by atoms with Gasteiger partial charge in [-0.15, -0.1) is 0 Å². The molecule has 0 aromatic carbocycles. The van der Waals surface area contributed by atoms with Crippen molar-refractivity contribution in [3.63, 3.8) is 0 Å². The fourth-order valence-electron chi connectivity index (χ4n) is 3.12. The Hall–Kier alpha value is -1.46. The molecule has 1 fully saturated rings. The van der Waals surface area contributed by atoms with Crippen LogP contribution >= 0.6 is 0 Å². The van der Waals surface area contributed by atoms with Crippen LogP contribution in [0.2, 0.25) is 0 Å². The molecule has 2 rings (SSSR count). The molecular formula is C17H27N3O2. The fourth-order valence-corrected chi connectivity index (χ4v) is 3.12. The van der Waals surface area contributed by atoms with E-state index in [0.717, 1.165) is 18.8 Å². The van der Waals surface area contributed by atoms with Crippen molar-refractivity contribution in [1.29, 1.82) is 0 Å². The lowest BCUT2D eigenvalue weighted by atomic mass is 9.99. The average molecular weight is 305 g/mol. The summed E-state index contributed by atoms with van der Waals surface area (Å²) in [5.74, 6) is 0.322. The third kappa shape index (κ3) is 4.52. The molecule has 0 spiro atoms. The van der Waals surface area contributed by atoms with Crippen LogP contribution in [0.5, 0.6) is 0 Å². The van der Waals surface area contributed by atoms with Crippen molar-refractivity contribution in [1.82, 2.24) is 15.2 Å². The maximum absolute atomic E-state index is 12.6. The van der Waals surface area contributed by atoms with Crippen LogP contribution in [0.4, 0.5) is 0 Å². The van der Waals surface area contributed by atoms with Crippen molar-refractivity contribution in [3.8, 4) is 0 Å². The van der Waals surface area contributed by atoms with E-state index in [-0.39, 0.29) is 30.1 Å². The molecule has 0 saturated carbocycles. The molecule has 1 aliphatic heterocycles. The van der Waals surface area contributed by atoms with Crippen molar-refractivity contribution in [2.45, 2.75) is 52.5 Å². The predicted molar refractivity (Wildman–Crippen MR) is 86.3 cm³/mol. The molecule has 5 heteroatoms. The second kappa shape index (κ2) is 7.70. The van der Waals surface area contributed by atoms with E-state index < -0.39 is 0 Å². The van der Waals surface area contributed by atoms with Gasteiger partial charge in [0.25, 0.3) is 0 Å². The molecule has 1 N–H and O–H groups in total. The van der Waals surface area contributed by atoms with E-state index in [1.54, 1.807) is 6.20 Å². The quantitative estimate of drug-likeness (QED) is 0.902. The Balaban J connectivity index is 1.99. The van der Waals surface area contributed by atoms with Gasteiger partial charge in [-0.05, 0) is 31.9 Å². The number of hydrogen-bond donors (Lipinski definition) is 1. The summed E-state index contributed by atoms with van der Waals surface area (Å²) in [6.45, 7) is 10.4. The van der Waals surface area contributed by atoms with Gasteiger partial charge < -0.3 is 10.1 Å². The van der Waals surface area contributed by atoms with Gasteiger partial charge in [0.15, 0.2) is 0 Å². The molecule has 3 atom stereocenters. The first kappa shape index (κ1) is 16.9. The van der Waals surface area contributed by atoms with Crippen LogP contribution in [0.3, 0.4) is 0 Å². The van der Waals surface area contributed by atoms with Crippen molar-refractivity contribution in [2.24, 2.45) is 5.92 Å². The highest BCUT2D eigenvalue weighted by Gasteiger charge is 2.33. The topological polar surface area (TPSA) is 54.5 Å².